The van der Waals surface area contributed by atoms with Crippen LogP contribution in [0.2, 0.25) is 0 Å². The third kappa shape index (κ3) is 4.61. The summed E-state index contributed by atoms with van der Waals surface area (Å²) in [7, 11) is -1.21. The van der Waals surface area contributed by atoms with E-state index in [1.807, 2.05) is 12.3 Å². The van der Waals surface area contributed by atoms with Crippen LogP contribution < -0.4 is 5.32 Å². The minimum atomic E-state index is -1.21. The molecule has 0 bridgehead atoms. The van der Waals surface area contributed by atoms with Gasteiger partial charge in [-0.2, -0.15) is 0 Å². The van der Waals surface area contributed by atoms with Crippen LogP contribution in [0.5, 0.6) is 0 Å². The number of hydrogen-bond donors (Lipinski definition) is 1. The van der Waals surface area contributed by atoms with Crippen molar-refractivity contribution < 1.29 is 9.00 Å². The van der Waals surface area contributed by atoms with Gasteiger partial charge >= 0.3 is 0 Å². The molecule has 0 aliphatic heterocycles. The molecular weight excluding hydrogens is 304 g/mol. The summed E-state index contributed by atoms with van der Waals surface area (Å²) >= 11 is 1.68. The van der Waals surface area contributed by atoms with Crippen LogP contribution >= 0.6 is 11.3 Å². The van der Waals surface area contributed by atoms with E-state index < -0.39 is 16.0 Å². The number of rotatable bonds is 7. The van der Waals surface area contributed by atoms with E-state index >= 15 is 0 Å². The van der Waals surface area contributed by atoms with Crippen LogP contribution in [-0.4, -0.2) is 26.9 Å². The number of nitrogens with one attached hydrogen (secondary N) is 1. The van der Waals surface area contributed by atoms with Gasteiger partial charge in [0.1, 0.15) is 5.25 Å². The van der Waals surface area contributed by atoms with Gasteiger partial charge < -0.3 is 5.32 Å². The number of thiazole rings is 1. The summed E-state index contributed by atoms with van der Waals surface area (Å²) in [6.45, 7) is 4.37. The second-order valence-corrected chi connectivity index (χ2v) is 8.26. The van der Waals surface area contributed by atoms with Crippen molar-refractivity contribution in [2.45, 2.75) is 62.9 Å². The van der Waals surface area contributed by atoms with Crippen LogP contribution in [0.1, 0.15) is 62.6 Å². The lowest BCUT2D eigenvalue weighted by atomic mass is 10.1. The standard InChI is InChI=1S/C15H24N2O2S2/c1-3-8-16-14(18)11(2)21(19)10-13-9-20-15(17-13)12-6-4-5-7-12/h9,11-12H,3-8,10H2,1-2H3,(H,16,18)/t11-,21-/m0/s1. The molecule has 1 aliphatic rings. The molecule has 1 fully saturated rings. The third-order valence-corrected chi connectivity index (χ3v) is 6.52. The number of carbonyl (C=O) groups excluding carboxylic acids is 1. The fourth-order valence-electron chi connectivity index (χ4n) is 2.53. The van der Waals surface area contributed by atoms with Crippen molar-refractivity contribution >= 4 is 28.0 Å². The highest BCUT2D eigenvalue weighted by Gasteiger charge is 2.23. The fraction of sp³-hybridized carbons (Fsp3) is 0.733. The molecule has 4 nitrogen and oxygen atoms in total. The van der Waals surface area contributed by atoms with Gasteiger partial charge in [0.05, 0.1) is 16.5 Å². The number of hydrogen-bond acceptors (Lipinski definition) is 4. The molecule has 21 heavy (non-hydrogen) atoms. The Morgan fingerprint density at radius 1 is 1.52 bits per heavy atom. The van der Waals surface area contributed by atoms with E-state index in [9.17, 15) is 9.00 Å². The Bertz CT molecular complexity index is 496. The molecule has 6 heteroatoms. The lowest BCUT2D eigenvalue weighted by Gasteiger charge is -2.10. The van der Waals surface area contributed by atoms with E-state index in [1.165, 1.54) is 30.7 Å². The summed E-state index contributed by atoms with van der Waals surface area (Å²) in [5.74, 6) is 0.855. The van der Waals surface area contributed by atoms with Crippen LogP contribution in [0.3, 0.4) is 0 Å². The summed E-state index contributed by atoms with van der Waals surface area (Å²) in [6.07, 6.45) is 5.93. The number of nitrogens with zero attached hydrogens (tertiary/aromatic N) is 1. The molecule has 1 aromatic rings. The lowest BCUT2D eigenvalue weighted by molar-refractivity contribution is -0.120. The smallest absolute Gasteiger partial charge is 0.235 e. The van der Waals surface area contributed by atoms with Crippen LogP contribution in [0.15, 0.2) is 5.38 Å². The zero-order chi connectivity index (χ0) is 15.2. The van der Waals surface area contributed by atoms with Crippen LogP contribution in [0.25, 0.3) is 0 Å². The molecule has 0 saturated heterocycles. The molecule has 1 aromatic heterocycles. The van der Waals surface area contributed by atoms with E-state index in [2.05, 4.69) is 10.3 Å². The van der Waals surface area contributed by atoms with Gasteiger partial charge in [0.2, 0.25) is 5.91 Å². The summed E-state index contributed by atoms with van der Waals surface area (Å²) in [6, 6.07) is 0. The Balaban J connectivity index is 1.88. The average Bonchev–Trinajstić information content (AvgIpc) is 3.14. The van der Waals surface area contributed by atoms with Crippen LogP contribution in [0, 0.1) is 0 Å². The second kappa shape index (κ2) is 8.03. The van der Waals surface area contributed by atoms with E-state index in [0.29, 0.717) is 18.2 Å². The molecule has 1 heterocycles. The Hall–Kier alpha value is -0.750. The van der Waals surface area contributed by atoms with Crippen molar-refractivity contribution in [3.63, 3.8) is 0 Å². The van der Waals surface area contributed by atoms with Gasteiger partial charge in [-0.25, -0.2) is 4.98 Å². The molecule has 0 unspecified atom stereocenters. The average molecular weight is 329 g/mol. The predicted octanol–water partition coefficient (Wildman–Crippen LogP) is 2.96. The van der Waals surface area contributed by atoms with Crippen molar-refractivity contribution in [2.24, 2.45) is 0 Å². The van der Waals surface area contributed by atoms with Crippen molar-refractivity contribution in [2.75, 3.05) is 6.54 Å². The maximum atomic E-state index is 12.3. The summed E-state index contributed by atoms with van der Waals surface area (Å²) in [5, 5.41) is 5.51. The van der Waals surface area contributed by atoms with Gasteiger partial charge in [-0.15, -0.1) is 11.3 Å². The first-order valence-corrected chi connectivity index (χ1v) is 9.97. The molecule has 1 aliphatic carbocycles. The summed E-state index contributed by atoms with van der Waals surface area (Å²) in [5.41, 5.74) is 0.871. The lowest BCUT2D eigenvalue weighted by Crippen LogP contribution is -2.36. The van der Waals surface area contributed by atoms with E-state index in [4.69, 9.17) is 0 Å². The molecule has 1 N–H and O–H groups in total. The minimum Gasteiger partial charge on any atom is -0.355 e. The Morgan fingerprint density at radius 2 is 2.24 bits per heavy atom. The Kier molecular flexibility index (Phi) is 6.36. The molecule has 0 aromatic carbocycles. The monoisotopic (exact) mass is 328 g/mol. The maximum absolute atomic E-state index is 12.3. The van der Waals surface area contributed by atoms with E-state index in [1.54, 1.807) is 18.3 Å². The van der Waals surface area contributed by atoms with Crippen molar-refractivity contribution in [1.29, 1.82) is 0 Å². The van der Waals surface area contributed by atoms with Crippen molar-refractivity contribution in [1.82, 2.24) is 10.3 Å². The van der Waals surface area contributed by atoms with Crippen LogP contribution in [0.4, 0.5) is 0 Å². The summed E-state index contributed by atoms with van der Waals surface area (Å²) in [4.78, 5) is 16.5. The number of aromatic nitrogens is 1. The maximum Gasteiger partial charge on any atom is 0.235 e. The number of carbonyl (C=O) groups is 1. The SMILES string of the molecule is CCCNC(=O)[C@H](C)[S@@](=O)Cc1csc(C2CCCC2)n1. The molecule has 1 amide bonds. The third-order valence-electron chi connectivity index (χ3n) is 3.88. The highest BCUT2D eigenvalue weighted by molar-refractivity contribution is 7.85. The number of amides is 1. The molecule has 2 atom stereocenters. The summed E-state index contributed by atoms with van der Waals surface area (Å²) < 4.78 is 12.3. The van der Waals surface area contributed by atoms with E-state index in [0.717, 1.165) is 12.1 Å². The highest BCUT2D eigenvalue weighted by atomic mass is 32.2. The largest absolute Gasteiger partial charge is 0.355 e. The first-order chi connectivity index (χ1) is 10.1. The normalized spacial score (nSPS) is 18.6. The van der Waals surface area contributed by atoms with E-state index in [-0.39, 0.29) is 5.91 Å². The van der Waals surface area contributed by atoms with Crippen LogP contribution in [-0.2, 0) is 21.3 Å². The Labute approximate surface area is 133 Å². The fourth-order valence-corrected chi connectivity index (χ4v) is 4.64. The Morgan fingerprint density at radius 3 is 2.90 bits per heavy atom. The zero-order valence-electron chi connectivity index (χ0n) is 12.8. The highest BCUT2D eigenvalue weighted by Crippen LogP contribution is 2.35. The minimum absolute atomic E-state index is 0.124. The predicted molar refractivity (Wildman–Crippen MR) is 87.9 cm³/mol. The quantitative estimate of drug-likeness (QED) is 0.837. The topological polar surface area (TPSA) is 59.1 Å². The molecule has 1 saturated carbocycles. The van der Waals surface area contributed by atoms with Gasteiger partial charge in [-0.3, -0.25) is 9.00 Å². The molecule has 0 radical (unpaired) electrons. The zero-order valence-corrected chi connectivity index (χ0v) is 14.4. The molecular formula is C15H24N2O2S2. The molecule has 0 spiro atoms. The van der Waals surface area contributed by atoms with Gasteiger partial charge in [0.15, 0.2) is 0 Å². The van der Waals surface area contributed by atoms with Gasteiger partial charge in [0.25, 0.3) is 0 Å². The molecule has 2 rings (SSSR count). The van der Waals surface area contributed by atoms with Crippen molar-refractivity contribution in [3.05, 3.63) is 16.1 Å². The van der Waals surface area contributed by atoms with Gasteiger partial charge in [-0.1, -0.05) is 19.8 Å². The first kappa shape index (κ1) is 16.6. The van der Waals surface area contributed by atoms with Gasteiger partial charge in [0, 0.05) is 28.6 Å². The second-order valence-electron chi connectivity index (χ2n) is 5.62. The van der Waals surface area contributed by atoms with Crippen molar-refractivity contribution in [3.8, 4) is 0 Å². The van der Waals surface area contributed by atoms with Gasteiger partial charge in [-0.05, 0) is 26.2 Å². The molecule has 118 valence electrons. The first-order valence-electron chi connectivity index (χ1n) is 7.71.